The maximum atomic E-state index is 13.4. The van der Waals surface area contributed by atoms with Gasteiger partial charge in [-0.1, -0.05) is 0 Å². The van der Waals surface area contributed by atoms with E-state index in [1.807, 2.05) is 0 Å². The summed E-state index contributed by atoms with van der Waals surface area (Å²) >= 11 is 0. The van der Waals surface area contributed by atoms with Crippen molar-refractivity contribution in [1.82, 2.24) is 0 Å². The van der Waals surface area contributed by atoms with E-state index in [2.05, 4.69) is 0 Å². The highest BCUT2D eigenvalue weighted by Crippen LogP contribution is 2.66. The molecule has 169 valence electrons. The minimum Gasteiger partial charge on any atom is -0.219 e. The van der Waals surface area contributed by atoms with Crippen molar-refractivity contribution in [1.29, 1.82) is 0 Å². The zero-order chi connectivity index (χ0) is 23.6. The van der Waals surface area contributed by atoms with Crippen molar-refractivity contribution in [2.24, 2.45) is 0 Å². The molecule has 0 aliphatic carbocycles. The summed E-state index contributed by atoms with van der Waals surface area (Å²) in [5.74, 6) is -43.1. The molecule has 0 saturated heterocycles. The Hall–Kier alpha value is -1.33. The Kier molecular flexibility index (Phi) is 6.03. The summed E-state index contributed by atoms with van der Waals surface area (Å²) in [5, 5.41) is 0. The van der Waals surface area contributed by atoms with Crippen LogP contribution >= 0.6 is 0 Å². The lowest BCUT2D eigenvalue weighted by atomic mass is 9.82. The first-order valence-electron chi connectivity index (χ1n) is 5.59. The zero-order valence-electron chi connectivity index (χ0n) is 11.7. The highest BCUT2D eigenvalue weighted by Gasteiger charge is 2.97. The summed E-state index contributed by atoms with van der Waals surface area (Å²) in [6.07, 6.45) is -21.6. The first kappa shape index (κ1) is 26.7. The van der Waals surface area contributed by atoms with Gasteiger partial charge >= 0.3 is 54.1 Å². The molecule has 0 spiro atoms. The molecule has 1 atom stereocenters. The number of rotatable bonds is 6. The minimum absolute atomic E-state index is 5.37. The monoisotopic (exact) mass is 469 g/mol. The van der Waals surface area contributed by atoms with Gasteiger partial charge in [0, 0.05) is 0 Å². The lowest BCUT2D eigenvalue weighted by molar-refractivity contribution is -0.462. The molecular weight excluding hydrogens is 469 g/mol. The molecule has 0 heterocycles. The van der Waals surface area contributed by atoms with Crippen molar-refractivity contribution in [3.8, 4) is 0 Å². The van der Waals surface area contributed by atoms with Gasteiger partial charge in [-0.05, 0) is 0 Å². The fourth-order valence-corrected chi connectivity index (χ4v) is 1.47. The summed E-state index contributed by atoms with van der Waals surface area (Å²) in [5.41, 5.74) is -8.75. The maximum Gasteiger partial charge on any atom is 0.460 e. The van der Waals surface area contributed by atoms with Crippen molar-refractivity contribution in [2.75, 3.05) is 0 Å². The first-order valence-corrected chi connectivity index (χ1v) is 5.59. The van der Waals surface area contributed by atoms with Crippen LogP contribution in [0.15, 0.2) is 0 Å². The van der Waals surface area contributed by atoms with Gasteiger partial charge in [-0.15, -0.1) is 0 Å². The Labute approximate surface area is 139 Å². The molecule has 1 unspecified atom stereocenters. The van der Waals surface area contributed by atoms with Crippen LogP contribution in [0, 0.1) is 6.43 Å². The van der Waals surface area contributed by atoms with Gasteiger partial charge in [0.1, 0.15) is 0 Å². The highest BCUT2D eigenvalue weighted by molar-refractivity contribution is 5.21. The standard InChI is InChI=1S/C9F19/c10-1(11)2(12,13)3(14,8(23,24)25)4(15,16)5(17,18)6(19,20)7(21,22)9(26,27)28. The molecule has 0 aromatic heterocycles. The molecule has 19 heteroatoms. The highest BCUT2D eigenvalue weighted by atomic mass is 19.4. The largest absolute Gasteiger partial charge is 0.460 e. The molecule has 0 aromatic rings. The fraction of sp³-hybridized carbons (Fsp3) is 0.889. The number of hydrogen-bond acceptors (Lipinski definition) is 0. The van der Waals surface area contributed by atoms with Crippen LogP contribution in [0.1, 0.15) is 0 Å². The van der Waals surface area contributed by atoms with Crippen LogP contribution in [0.2, 0.25) is 0 Å². The topological polar surface area (TPSA) is 0 Å². The summed E-state index contributed by atoms with van der Waals surface area (Å²) in [4.78, 5) is 0. The van der Waals surface area contributed by atoms with Crippen molar-refractivity contribution in [2.45, 2.75) is 47.6 Å². The van der Waals surface area contributed by atoms with Crippen LogP contribution in [-0.2, 0) is 0 Å². The van der Waals surface area contributed by atoms with Crippen molar-refractivity contribution >= 4 is 0 Å². The Morgan fingerprint density at radius 2 is 0.643 bits per heavy atom. The lowest BCUT2D eigenvalue weighted by Gasteiger charge is -2.44. The predicted octanol–water partition coefficient (Wildman–Crippen LogP) is 6.42. The van der Waals surface area contributed by atoms with E-state index >= 15 is 0 Å². The van der Waals surface area contributed by atoms with E-state index in [0.29, 0.717) is 0 Å². The first-order chi connectivity index (χ1) is 11.7. The molecule has 0 aromatic carbocycles. The van der Waals surface area contributed by atoms with E-state index in [4.69, 9.17) is 0 Å². The second-order valence-corrected chi connectivity index (χ2v) is 4.79. The molecule has 0 bridgehead atoms. The number of halogens is 19. The predicted molar refractivity (Wildman–Crippen MR) is 46.1 cm³/mol. The Morgan fingerprint density at radius 1 is 0.357 bits per heavy atom. The van der Waals surface area contributed by atoms with Crippen LogP contribution in [0.4, 0.5) is 83.4 Å². The van der Waals surface area contributed by atoms with Gasteiger partial charge < -0.3 is 0 Å². The van der Waals surface area contributed by atoms with E-state index in [-0.39, 0.29) is 0 Å². The van der Waals surface area contributed by atoms with Gasteiger partial charge in [0.25, 0.3) is 0 Å². The summed E-state index contributed by atoms with van der Waals surface area (Å²) in [7, 11) is 0. The average molecular weight is 469 g/mol. The van der Waals surface area contributed by atoms with E-state index < -0.39 is 54.1 Å². The van der Waals surface area contributed by atoms with Crippen molar-refractivity contribution in [3.63, 3.8) is 0 Å². The molecular formula is C9F19. The molecule has 0 rings (SSSR count). The molecule has 0 aliphatic rings. The second kappa shape index (κ2) is 6.33. The molecule has 0 fully saturated rings. The molecule has 0 saturated carbocycles. The van der Waals surface area contributed by atoms with E-state index in [1.54, 1.807) is 0 Å². The third-order valence-corrected chi connectivity index (χ3v) is 3.03. The average Bonchev–Trinajstić information content (AvgIpc) is 2.42. The second-order valence-electron chi connectivity index (χ2n) is 4.79. The van der Waals surface area contributed by atoms with Crippen LogP contribution in [-0.4, -0.2) is 47.6 Å². The van der Waals surface area contributed by atoms with Crippen molar-refractivity contribution < 1.29 is 83.4 Å². The van der Waals surface area contributed by atoms with Crippen LogP contribution < -0.4 is 0 Å². The van der Waals surface area contributed by atoms with Gasteiger partial charge in [0.15, 0.2) is 0 Å². The Morgan fingerprint density at radius 3 is 0.857 bits per heavy atom. The SMILES string of the molecule is F[C](F)C(F)(F)C(F)(C(F)(F)F)C(F)(F)C(F)(F)C(F)(F)C(F)(F)C(F)(F)F. The van der Waals surface area contributed by atoms with Crippen LogP contribution in [0.5, 0.6) is 0 Å². The molecule has 0 N–H and O–H groups in total. The zero-order valence-corrected chi connectivity index (χ0v) is 11.7. The lowest BCUT2D eigenvalue weighted by Crippen LogP contribution is -2.77. The quantitative estimate of drug-likeness (QED) is 0.394. The van der Waals surface area contributed by atoms with Gasteiger partial charge in [-0.3, -0.25) is 0 Å². The summed E-state index contributed by atoms with van der Waals surface area (Å²) in [6, 6.07) is 0. The molecule has 0 nitrogen and oxygen atoms in total. The number of alkyl halides is 17. The van der Waals surface area contributed by atoms with E-state index in [0.717, 1.165) is 0 Å². The summed E-state index contributed by atoms with van der Waals surface area (Å²) in [6.45, 7) is 0. The van der Waals surface area contributed by atoms with Gasteiger partial charge in [-0.2, -0.15) is 79.0 Å². The van der Waals surface area contributed by atoms with Crippen LogP contribution in [0.3, 0.4) is 0 Å². The Balaban J connectivity index is 7.07. The molecule has 0 amide bonds. The van der Waals surface area contributed by atoms with Crippen LogP contribution in [0.25, 0.3) is 0 Å². The van der Waals surface area contributed by atoms with Gasteiger partial charge in [-0.25, -0.2) is 4.39 Å². The maximum absolute atomic E-state index is 13.4. The van der Waals surface area contributed by atoms with E-state index in [1.165, 1.54) is 0 Å². The third kappa shape index (κ3) is 3.02. The molecule has 0 aliphatic heterocycles. The Bertz CT molecular complexity index is 563. The van der Waals surface area contributed by atoms with Gasteiger partial charge in [0.05, 0.1) is 0 Å². The summed E-state index contributed by atoms with van der Waals surface area (Å²) < 4.78 is 237. The molecule has 28 heavy (non-hydrogen) atoms. The fourth-order valence-electron chi connectivity index (χ4n) is 1.47. The van der Waals surface area contributed by atoms with E-state index in [9.17, 15) is 83.4 Å². The number of hydrogen-bond donors (Lipinski definition) is 0. The van der Waals surface area contributed by atoms with Gasteiger partial charge in [0.2, 0.25) is 0 Å². The normalized spacial score (nSPS) is 18.4. The smallest absolute Gasteiger partial charge is 0.219 e. The van der Waals surface area contributed by atoms with Crippen molar-refractivity contribution in [3.05, 3.63) is 6.43 Å². The minimum atomic E-state index is -9.00. The molecule has 1 radical (unpaired) electrons. The third-order valence-electron chi connectivity index (χ3n) is 3.03.